The van der Waals surface area contributed by atoms with Gasteiger partial charge in [0.15, 0.2) is 0 Å². The van der Waals surface area contributed by atoms with Gasteiger partial charge in [0.05, 0.1) is 5.92 Å². The van der Waals surface area contributed by atoms with Gasteiger partial charge < -0.3 is 10.2 Å². The molecule has 2 heterocycles. The molecule has 0 radical (unpaired) electrons. The van der Waals surface area contributed by atoms with Crippen molar-refractivity contribution in [3.63, 3.8) is 0 Å². The molecule has 1 fully saturated rings. The zero-order chi connectivity index (χ0) is 17.6. The van der Waals surface area contributed by atoms with E-state index in [2.05, 4.69) is 20.2 Å². The molecule has 1 aromatic heterocycles. The minimum Gasteiger partial charge on any atom is -0.355 e. The van der Waals surface area contributed by atoms with Crippen LogP contribution in [0.2, 0.25) is 5.02 Å². The molecule has 1 aliphatic rings. The summed E-state index contributed by atoms with van der Waals surface area (Å²) in [5, 5.41) is 3.79. The normalized spacial score (nSPS) is 17.4. The lowest BCUT2D eigenvalue weighted by Gasteiger charge is -2.32. The van der Waals surface area contributed by atoms with E-state index >= 15 is 0 Å². The van der Waals surface area contributed by atoms with Crippen LogP contribution in [0.5, 0.6) is 0 Å². The number of hydrogen-bond acceptors (Lipinski definition) is 4. The molecule has 132 valence electrons. The minimum absolute atomic E-state index is 0.0240. The quantitative estimate of drug-likeness (QED) is 0.892. The molecular weight excluding hydrogens is 336 g/mol. The van der Waals surface area contributed by atoms with E-state index in [-0.39, 0.29) is 11.8 Å². The van der Waals surface area contributed by atoms with E-state index in [0.29, 0.717) is 19.0 Å². The Morgan fingerprint density at radius 1 is 1.36 bits per heavy atom. The molecule has 2 aromatic rings. The lowest BCUT2D eigenvalue weighted by atomic mass is 9.97. The van der Waals surface area contributed by atoms with Crippen LogP contribution in [0.1, 0.15) is 24.1 Å². The second kappa shape index (κ2) is 8.30. The number of piperidine rings is 1. The van der Waals surface area contributed by atoms with Crippen molar-refractivity contribution >= 4 is 23.5 Å². The lowest BCUT2D eigenvalue weighted by Crippen LogP contribution is -2.44. The Morgan fingerprint density at radius 3 is 3.00 bits per heavy atom. The van der Waals surface area contributed by atoms with Gasteiger partial charge in [-0.2, -0.15) is 0 Å². The number of nitrogens with zero attached hydrogens (tertiary/aromatic N) is 3. The Labute approximate surface area is 153 Å². The first-order chi connectivity index (χ1) is 12.1. The third-order valence-electron chi connectivity index (χ3n) is 4.51. The van der Waals surface area contributed by atoms with E-state index in [9.17, 15) is 4.79 Å². The Bertz CT molecular complexity index is 737. The molecule has 1 amide bonds. The fraction of sp³-hybridized carbons (Fsp3) is 0.421. The van der Waals surface area contributed by atoms with Gasteiger partial charge in [0.2, 0.25) is 11.9 Å². The SMILES string of the molecule is Cc1ccnc(N2CCCC(C(=O)NCCc3ccccc3Cl)C2)n1. The van der Waals surface area contributed by atoms with Crippen LogP contribution < -0.4 is 10.2 Å². The van der Waals surface area contributed by atoms with Crippen LogP contribution >= 0.6 is 11.6 Å². The molecule has 1 saturated heterocycles. The Balaban J connectivity index is 1.52. The molecule has 25 heavy (non-hydrogen) atoms. The number of carbonyl (C=O) groups excluding carboxylic acids is 1. The van der Waals surface area contributed by atoms with Crippen molar-refractivity contribution in [3.05, 3.63) is 52.8 Å². The number of benzene rings is 1. The highest BCUT2D eigenvalue weighted by molar-refractivity contribution is 6.31. The number of halogens is 1. The zero-order valence-electron chi connectivity index (χ0n) is 14.4. The molecule has 1 N–H and O–H groups in total. The first-order valence-corrected chi connectivity index (χ1v) is 9.07. The van der Waals surface area contributed by atoms with Gasteiger partial charge in [-0.15, -0.1) is 0 Å². The lowest BCUT2D eigenvalue weighted by molar-refractivity contribution is -0.125. The molecule has 0 saturated carbocycles. The van der Waals surface area contributed by atoms with E-state index in [1.54, 1.807) is 6.20 Å². The number of hydrogen-bond donors (Lipinski definition) is 1. The van der Waals surface area contributed by atoms with Crippen LogP contribution in [-0.2, 0) is 11.2 Å². The van der Waals surface area contributed by atoms with Crippen LogP contribution in [-0.4, -0.2) is 35.5 Å². The largest absolute Gasteiger partial charge is 0.355 e. The minimum atomic E-state index is -0.0240. The molecule has 1 unspecified atom stereocenters. The Hall–Kier alpha value is -2.14. The summed E-state index contributed by atoms with van der Waals surface area (Å²) >= 11 is 6.15. The highest BCUT2D eigenvalue weighted by atomic mass is 35.5. The predicted molar refractivity (Wildman–Crippen MR) is 99.9 cm³/mol. The van der Waals surface area contributed by atoms with Crippen LogP contribution in [0.25, 0.3) is 0 Å². The van der Waals surface area contributed by atoms with Gasteiger partial charge >= 0.3 is 0 Å². The first kappa shape index (κ1) is 17.7. The maximum absolute atomic E-state index is 12.5. The second-order valence-corrected chi connectivity index (χ2v) is 6.82. The van der Waals surface area contributed by atoms with Gasteiger partial charge in [0.1, 0.15) is 0 Å². The van der Waals surface area contributed by atoms with Crippen molar-refractivity contribution in [2.75, 3.05) is 24.5 Å². The number of amides is 1. The van der Waals surface area contributed by atoms with Gasteiger partial charge in [-0.1, -0.05) is 29.8 Å². The monoisotopic (exact) mass is 358 g/mol. The van der Waals surface area contributed by atoms with E-state index < -0.39 is 0 Å². The van der Waals surface area contributed by atoms with E-state index in [1.165, 1.54) is 0 Å². The average molecular weight is 359 g/mol. The number of anilines is 1. The van der Waals surface area contributed by atoms with E-state index in [0.717, 1.165) is 42.1 Å². The van der Waals surface area contributed by atoms with Crippen molar-refractivity contribution in [1.29, 1.82) is 0 Å². The fourth-order valence-electron chi connectivity index (χ4n) is 3.13. The number of nitrogens with one attached hydrogen (secondary N) is 1. The van der Waals surface area contributed by atoms with Gasteiger partial charge in [0.25, 0.3) is 0 Å². The van der Waals surface area contributed by atoms with Crippen LogP contribution in [0.15, 0.2) is 36.5 Å². The summed E-state index contributed by atoms with van der Waals surface area (Å²) in [5.74, 6) is 0.794. The zero-order valence-corrected chi connectivity index (χ0v) is 15.2. The molecule has 0 spiro atoms. The highest BCUT2D eigenvalue weighted by Crippen LogP contribution is 2.21. The number of aromatic nitrogens is 2. The molecule has 0 aliphatic carbocycles. The smallest absolute Gasteiger partial charge is 0.225 e. The highest BCUT2D eigenvalue weighted by Gasteiger charge is 2.26. The maximum atomic E-state index is 12.5. The summed E-state index contributed by atoms with van der Waals surface area (Å²) in [6, 6.07) is 9.62. The molecule has 1 atom stereocenters. The standard InChI is InChI=1S/C19H23ClN4O/c1-14-8-10-22-19(23-14)24-12-4-6-16(13-24)18(25)21-11-9-15-5-2-3-7-17(15)20/h2-3,5,7-8,10,16H,4,6,9,11-13H2,1H3,(H,21,25). The van der Waals surface area contributed by atoms with Crippen LogP contribution in [0.3, 0.4) is 0 Å². The number of aryl methyl sites for hydroxylation is 1. The van der Waals surface area contributed by atoms with Gasteiger partial charge in [-0.3, -0.25) is 4.79 Å². The Morgan fingerprint density at radius 2 is 2.20 bits per heavy atom. The van der Waals surface area contributed by atoms with E-state index in [4.69, 9.17) is 11.6 Å². The summed E-state index contributed by atoms with van der Waals surface area (Å²) in [6.45, 7) is 4.11. The summed E-state index contributed by atoms with van der Waals surface area (Å²) in [5.41, 5.74) is 2.00. The van der Waals surface area contributed by atoms with Gasteiger partial charge in [-0.05, 0) is 43.9 Å². The molecule has 0 bridgehead atoms. The van der Waals surface area contributed by atoms with Crippen molar-refractivity contribution in [2.45, 2.75) is 26.2 Å². The maximum Gasteiger partial charge on any atom is 0.225 e. The predicted octanol–water partition coefficient (Wildman–Crippen LogP) is 3.01. The van der Waals surface area contributed by atoms with Gasteiger partial charge in [0, 0.05) is 36.5 Å². The molecule has 5 nitrogen and oxygen atoms in total. The fourth-order valence-corrected chi connectivity index (χ4v) is 3.36. The molecule has 1 aromatic carbocycles. The summed E-state index contributed by atoms with van der Waals surface area (Å²) in [4.78, 5) is 23.4. The van der Waals surface area contributed by atoms with Crippen LogP contribution in [0, 0.1) is 12.8 Å². The molecule has 1 aliphatic heterocycles. The molecular formula is C19H23ClN4O. The third kappa shape index (κ3) is 4.69. The van der Waals surface area contributed by atoms with Crippen molar-refractivity contribution in [1.82, 2.24) is 15.3 Å². The van der Waals surface area contributed by atoms with Crippen molar-refractivity contribution < 1.29 is 4.79 Å². The summed E-state index contributed by atoms with van der Waals surface area (Å²) in [6.07, 6.45) is 4.38. The summed E-state index contributed by atoms with van der Waals surface area (Å²) < 4.78 is 0. The topological polar surface area (TPSA) is 58.1 Å². The Kier molecular flexibility index (Phi) is 5.87. The van der Waals surface area contributed by atoms with Crippen molar-refractivity contribution in [2.24, 2.45) is 5.92 Å². The average Bonchev–Trinajstić information content (AvgIpc) is 2.63. The number of rotatable bonds is 5. The van der Waals surface area contributed by atoms with Gasteiger partial charge in [-0.25, -0.2) is 9.97 Å². The van der Waals surface area contributed by atoms with E-state index in [1.807, 2.05) is 37.3 Å². The summed E-state index contributed by atoms with van der Waals surface area (Å²) in [7, 11) is 0. The number of carbonyl (C=O) groups is 1. The van der Waals surface area contributed by atoms with Crippen molar-refractivity contribution in [3.8, 4) is 0 Å². The molecule has 3 rings (SSSR count). The van der Waals surface area contributed by atoms with Crippen LogP contribution in [0.4, 0.5) is 5.95 Å². The third-order valence-corrected chi connectivity index (χ3v) is 4.88. The molecule has 6 heteroatoms. The first-order valence-electron chi connectivity index (χ1n) is 8.69. The second-order valence-electron chi connectivity index (χ2n) is 6.42.